The van der Waals surface area contributed by atoms with E-state index in [4.69, 9.17) is 4.74 Å². The van der Waals surface area contributed by atoms with Gasteiger partial charge in [0.2, 0.25) is 11.8 Å². The first-order chi connectivity index (χ1) is 17.4. The van der Waals surface area contributed by atoms with Crippen molar-refractivity contribution in [2.24, 2.45) is 11.8 Å². The van der Waals surface area contributed by atoms with Crippen molar-refractivity contribution in [1.29, 1.82) is 0 Å². The number of ether oxygens (including phenoxy) is 1. The number of phenolic OH excluding ortho intramolecular Hbond substituents is 1. The molecule has 0 radical (unpaired) electrons. The van der Waals surface area contributed by atoms with Crippen LogP contribution in [0.3, 0.4) is 0 Å². The highest BCUT2D eigenvalue weighted by atomic mass is 16.6. The van der Waals surface area contributed by atoms with Crippen LogP contribution in [0.4, 0.5) is 4.79 Å². The molecular formula is C30H51N3O5. The number of benzene rings is 1. The quantitative estimate of drug-likeness (QED) is 0.312. The second kappa shape index (κ2) is 14.4. The summed E-state index contributed by atoms with van der Waals surface area (Å²) < 4.78 is 5.47. The van der Waals surface area contributed by atoms with E-state index in [2.05, 4.69) is 24.5 Å². The Morgan fingerprint density at radius 3 is 2.03 bits per heavy atom. The molecule has 1 aromatic carbocycles. The lowest BCUT2D eigenvalue weighted by Crippen LogP contribution is -2.56. The fourth-order valence-corrected chi connectivity index (χ4v) is 4.29. The number of phenols is 1. The van der Waals surface area contributed by atoms with E-state index in [1.165, 1.54) is 0 Å². The van der Waals surface area contributed by atoms with Gasteiger partial charge in [0.25, 0.3) is 0 Å². The normalized spacial score (nSPS) is 14.3. The molecule has 0 saturated heterocycles. The van der Waals surface area contributed by atoms with Crippen molar-refractivity contribution in [2.45, 2.75) is 125 Å². The molecule has 1 aromatic rings. The standard InChI is InChI=1S/C30H51N3O5/c1-18(2)12-13-22(8)33(28(36)24(16-19(3)4)32-29(37)38-30(9,10)11)26(27(35)31-20(5)6)23-14-15-25(34)21(7)17-23/h14-15,17-20,22,24,26,34H,12-13,16H2,1-11H3,(H,31,35)(H,32,37). The van der Waals surface area contributed by atoms with Gasteiger partial charge in [0, 0.05) is 12.1 Å². The molecule has 3 atom stereocenters. The molecule has 0 heterocycles. The van der Waals surface area contributed by atoms with Gasteiger partial charge in [0.15, 0.2) is 0 Å². The Bertz CT molecular complexity index is 936. The molecule has 0 fully saturated rings. The van der Waals surface area contributed by atoms with E-state index in [1.54, 1.807) is 50.8 Å². The molecular weight excluding hydrogens is 482 g/mol. The van der Waals surface area contributed by atoms with Crippen LogP contribution < -0.4 is 10.6 Å². The van der Waals surface area contributed by atoms with Crippen LogP contribution >= 0.6 is 0 Å². The summed E-state index contributed by atoms with van der Waals surface area (Å²) in [6, 6.07) is 2.72. The second-order valence-electron chi connectivity index (χ2n) is 12.5. The van der Waals surface area contributed by atoms with Crippen molar-refractivity contribution >= 4 is 17.9 Å². The number of rotatable bonds is 12. The van der Waals surface area contributed by atoms with Crippen molar-refractivity contribution in [3.05, 3.63) is 29.3 Å². The Balaban J connectivity index is 3.66. The number of alkyl carbamates (subject to hydrolysis) is 1. The summed E-state index contributed by atoms with van der Waals surface area (Å²) in [5.41, 5.74) is 0.490. The Labute approximate surface area is 229 Å². The summed E-state index contributed by atoms with van der Waals surface area (Å²) in [6.45, 7) is 21.0. The third kappa shape index (κ3) is 10.9. The van der Waals surface area contributed by atoms with Gasteiger partial charge in [0.05, 0.1) is 0 Å². The molecule has 1 rings (SSSR count). The predicted molar refractivity (Wildman–Crippen MR) is 152 cm³/mol. The van der Waals surface area contributed by atoms with Crippen LogP contribution in [-0.4, -0.2) is 51.6 Å². The number of nitrogens with zero attached hydrogens (tertiary/aromatic N) is 1. The number of aromatic hydroxyl groups is 1. The van der Waals surface area contributed by atoms with Gasteiger partial charge >= 0.3 is 6.09 Å². The minimum absolute atomic E-state index is 0.102. The first kappa shape index (κ1) is 33.3. The van der Waals surface area contributed by atoms with Crippen molar-refractivity contribution in [3.8, 4) is 5.75 Å². The van der Waals surface area contributed by atoms with Gasteiger partial charge < -0.3 is 25.4 Å². The highest BCUT2D eigenvalue weighted by molar-refractivity contribution is 5.92. The molecule has 38 heavy (non-hydrogen) atoms. The summed E-state index contributed by atoms with van der Waals surface area (Å²) >= 11 is 0. The van der Waals surface area contributed by atoms with Crippen LogP contribution in [0.5, 0.6) is 5.75 Å². The molecule has 0 spiro atoms. The number of aryl methyl sites for hydroxylation is 1. The lowest BCUT2D eigenvalue weighted by atomic mass is 9.94. The average molecular weight is 534 g/mol. The molecule has 3 unspecified atom stereocenters. The summed E-state index contributed by atoms with van der Waals surface area (Å²) in [4.78, 5) is 42.4. The molecule has 0 bridgehead atoms. The molecule has 3 amide bonds. The fourth-order valence-electron chi connectivity index (χ4n) is 4.29. The monoisotopic (exact) mass is 533 g/mol. The summed E-state index contributed by atoms with van der Waals surface area (Å²) in [5.74, 6) is -0.0113. The largest absolute Gasteiger partial charge is 0.508 e. The Kier molecular flexibility index (Phi) is 12.6. The summed E-state index contributed by atoms with van der Waals surface area (Å²) in [5, 5.41) is 15.9. The molecule has 216 valence electrons. The van der Waals surface area contributed by atoms with Gasteiger partial charge in [-0.15, -0.1) is 0 Å². The van der Waals surface area contributed by atoms with E-state index >= 15 is 0 Å². The number of carbonyl (C=O) groups excluding carboxylic acids is 3. The van der Waals surface area contributed by atoms with Crippen LogP contribution in [0, 0.1) is 18.8 Å². The maximum atomic E-state index is 14.3. The zero-order valence-corrected chi connectivity index (χ0v) is 25.3. The molecule has 0 aliphatic rings. The molecule has 0 aliphatic heterocycles. The second-order valence-corrected chi connectivity index (χ2v) is 12.5. The minimum Gasteiger partial charge on any atom is -0.508 e. The Hall–Kier alpha value is -2.77. The Morgan fingerprint density at radius 1 is 0.947 bits per heavy atom. The number of nitrogens with one attached hydrogen (secondary N) is 2. The van der Waals surface area contributed by atoms with Crippen LogP contribution in [0.25, 0.3) is 0 Å². The first-order valence-corrected chi connectivity index (χ1v) is 13.8. The van der Waals surface area contributed by atoms with E-state index in [0.717, 1.165) is 6.42 Å². The number of carbonyl (C=O) groups is 3. The third-order valence-electron chi connectivity index (χ3n) is 6.08. The van der Waals surface area contributed by atoms with E-state index in [1.807, 2.05) is 34.6 Å². The van der Waals surface area contributed by atoms with Crippen LogP contribution in [-0.2, 0) is 14.3 Å². The molecule has 0 aromatic heterocycles. The van der Waals surface area contributed by atoms with E-state index in [0.29, 0.717) is 29.9 Å². The number of hydrogen-bond acceptors (Lipinski definition) is 5. The highest BCUT2D eigenvalue weighted by Gasteiger charge is 2.39. The minimum atomic E-state index is -0.943. The van der Waals surface area contributed by atoms with Crippen LogP contribution in [0.15, 0.2) is 18.2 Å². The molecule has 0 aliphatic carbocycles. The number of amides is 3. The van der Waals surface area contributed by atoms with Crippen LogP contribution in [0.1, 0.15) is 106 Å². The lowest BCUT2D eigenvalue weighted by molar-refractivity contribution is -0.145. The van der Waals surface area contributed by atoms with Crippen molar-refractivity contribution in [2.75, 3.05) is 0 Å². The molecule has 3 N–H and O–H groups in total. The number of hydrogen-bond donors (Lipinski definition) is 3. The zero-order chi connectivity index (χ0) is 29.4. The maximum Gasteiger partial charge on any atom is 0.408 e. The zero-order valence-electron chi connectivity index (χ0n) is 25.3. The van der Waals surface area contributed by atoms with Crippen LogP contribution in [0.2, 0.25) is 0 Å². The van der Waals surface area contributed by atoms with Gasteiger partial charge in [0.1, 0.15) is 23.4 Å². The topological polar surface area (TPSA) is 108 Å². The maximum absolute atomic E-state index is 14.3. The van der Waals surface area contributed by atoms with Gasteiger partial charge in [-0.3, -0.25) is 9.59 Å². The SMILES string of the molecule is Cc1cc(C(C(=O)NC(C)C)N(C(=O)C(CC(C)C)NC(=O)OC(C)(C)C)C(C)CCC(C)C)ccc1O. The fraction of sp³-hybridized carbons (Fsp3) is 0.700. The van der Waals surface area contributed by atoms with E-state index in [9.17, 15) is 19.5 Å². The van der Waals surface area contributed by atoms with E-state index in [-0.39, 0.29) is 35.6 Å². The van der Waals surface area contributed by atoms with Gasteiger partial charge in [-0.1, -0.05) is 33.8 Å². The highest BCUT2D eigenvalue weighted by Crippen LogP contribution is 2.31. The molecule has 8 nitrogen and oxygen atoms in total. The Morgan fingerprint density at radius 2 is 1.55 bits per heavy atom. The van der Waals surface area contributed by atoms with Gasteiger partial charge in [-0.05, 0) is 103 Å². The lowest BCUT2D eigenvalue weighted by Gasteiger charge is -2.39. The summed E-state index contributed by atoms with van der Waals surface area (Å²) in [6.07, 6.45) is 1.27. The smallest absolute Gasteiger partial charge is 0.408 e. The summed E-state index contributed by atoms with van der Waals surface area (Å²) in [7, 11) is 0. The van der Waals surface area contributed by atoms with Crippen molar-refractivity contribution < 1.29 is 24.2 Å². The third-order valence-corrected chi connectivity index (χ3v) is 6.08. The first-order valence-electron chi connectivity index (χ1n) is 13.8. The van der Waals surface area contributed by atoms with E-state index < -0.39 is 23.8 Å². The molecule has 0 saturated carbocycles. The molecule has 8 heteroatoms. The average Bonchev–Trinajstić information content (AvgIpc) is 2.74. The van der Waals surface area contributed by atoms with Crippen molar-refractivity contribution in [1.82, 2.24) is 15.5 Å². The van der Waals surface area contributed by atoms with Gasteiger partial charge in [-0.2, -0.15) is 0 Å². The van der Waals surface area contributed by atoms with Gasteiger partial charge in [-0.25, -0.2) is 4.79 Å². The van der Waals surface area contributed by atoms with Crippen molar-refractivity contribution in [3.63, 3.8) is 0 Å². The predicted octanol–water partition coefficient (Wildman–Crippen LogP) is 5.86.